The van der Waals surface area contributed by atoms with Gasteiger partial charge in [-0.25, -0.2) is 4.39 Å². The fourth-order valence-electron chi connectivity index (χ4n) is 4.80. The fraction of sp³-hybridized carbons (Fsp3) is 0.188. The minimum absolute atomic E-state index is 0.0258. The molecule has 1 amide bonds. The maximum atomic E-state index is 13.4. The van der Waals surface area contributed by atoms with Crippen molar-refractivity contribution in [1.29, 1.82) is 0 Å². The predicted octanol–water partition coefficient (Wildman–Crippen LogP) is 6.90. The second-order valence-electron chi connectivity index (χ2n) is 9.89. The van der Waals surface area contributed by atoms with E-state index in [2.05, 4.69) is 20.6 Å². The molecule has 5 rings (SSSR count). The Labute approximate surface area is 236 Å². The Morgan fingerprint density at radius 3 is 2.54 bits per heavy atom. The lowest BCUT2D eigenvalue weighted by Crippen LogP contribution is -2.15. The number of carboxylic acids is 1. The molecule has 8 nitrogen and oxygen atoms in total. The van der Waals surface area contributed by atoms with Crippen molar-refractivity contribution in [2.75, 3.05) is 10.6 Å². The van der Waals surface area contributed by atoms with Crippen molar-refractivity contribution in [3.05, 3.63) is 113 Å². The van der Waals surface area contributed by atoms with Crippen molar-refractivity contribution in [2.24, 2.45) is 0 Å². The van der Waals surface area contributed by atoms with Crippen LogP contribution in [0.1, 0.15) is 46.7 Å². The van der Waals surface area contributed by atoms with Gasteiger partial charge in [-0.15, -0.1) is 0 Å². The molecule has 9 heteroatoms. The average Bonchev–Trinajstić information content (AvgIpc) is 3.37. The van der Waals surface area contributed by atoms with Gasteiger partial charge in [-0.1, -0.05) is 24.3 Å². The number of carboxylic acid groups (broad SMARTS) is 1. The molecule has 1 unspecified atom stereocenters. The number of rotatable bonds is 10. The van der Waals surface area contributed by atoms with Crippen molar-refractivity contribution in [3.63, 3.8) is 0 Å². The Kier molecular flexibility index (Phi) is 8.05. The van der Waals surface area contributed by atoms with Gasteiger partial charge in [0.15, 0.2) is 5.58 Å². The summed E-state index contributed by atoms with van der Waals surface area (Å²) in [6.45, 7) is 3.68. The van der Waals surface area contributed by atoms with Crippen molar-refractivity contribution >= 4 is 40.4 Å². The van der Waals surface area contributed by atoms with Gasteiger partial charge in [-0.3, -0.25) is 14.6 Å². The number of halogens is 1. The first-order valence-electron chi connectivity index (χ1n) is 13.2. The standard InChI is InChI=1S/C32H29FN4O4/c1-19-17-23(33)9-14-26(19)36-32-37-28-13-8-22(20(2)31(28)41-32)18-29(38)35-24-10-6-21(7-11-24)25(12-15-30(39)40)27-5-3-4-16-34-27/h3-11,13-14,16-17,25H,12,15,18H2,1-2H3,(H,35,38)(H,36,37)(H,39,40). The first-order valence-corrected chi connectivity index (χ1v) is 13.2. The first-order chi connectivity index (χ1) is 19.8. The molecule has 0 aliphatic rings. The number of carbonyl (C=O) groups excluding carboxylic acids is 1. The lowest BCUT2D eigenvalue weighted by atomic mass is 9.90. The summed E-state index contributed by atoms with van der Waals surface area (Å²) in [7, 11) is 0. The summed E-state index contributed by atoms with van der Waals surface area (Å²) in [5.41, 5.74) is 6.60. The number of anilines is 3. The zero-order valence-electron chi connectivity index (χ0n) is 22.6. The van der Waals surface area contributed by atoms with Gasteiger partial charge < -0.3 is 20.2 Å². The van der Waals surface area contributed by atoms with E-state index in [4.69, 9.17) is 4.42 Å². The van der Waals surface area contributed by atoms with Gasteiger partial charge in [0, 0.05) is 35.6 Å². The molecule has 0 fully saturated rings. The van der Waals surface area contributed by atoms with Crippen molar-refractivity contribution < 1.29 is 23.5 Å². The fourth-order valence-corrected chi connectivity index (χ4v) is 4.80. The third kappa shape index (κ3) is 6.58. The number of benzene rings is 3. The molecule has 2 heterocycles. The number of hydrogen-bond donors (Lipinski definition) is 3. The molecule has 3 N–H and O–H groups in total. The van der Waals surface area contributed by atoms with E-state index < -0.39 is 5.97 Å². The molecule has 5 aromatic rings. The normalized spacial score (nSPS) is 11.8. The summed E-state index contributed by atoms with van der Waals surface area (Å²) in [5, 5.41) is 15.2. The number of aromatic nitrogens is 2. The highest BCUT2D eigenvalue weighted by molar-refractivity contribution is 5.93. The van der Waals surface area contributed by atoms with Crippen LogP contribution < -0.4 is 10.6 Å². The predicted molar refractivity (Wildman–Crippen MR) is 155 cm³/mol. The highest BCUT2D eigenvalue weighted by atomic mass is 19.1. The van der Waals surface area contributed by atoms with Crippen molar-refractivity contribution in [1.82, 2.24) is 9.97 Å². The van der Waals surface area contributed by atoms with E-state index in [1.165, 1.54) is 12.1 Å². The van der Waals surface area contributed by atoms with Gasteiger partial charge in [-0.2, -0.15) is 4.98 Å². The molecule has 1 atom stereocenters. The Hall–Kier alpha value is -5.05. The summed E-state index contributed by atoms with van der Waals surface area (Å²) in [4.78, 5) is 33.0. The number of fused-ring (bicyclic) bond motifs is 1. The van der Waals surface area contributed by atoms with Gasteiger partial charge in [0.25, 0.3) is 6.01 Å². The second kappa shape index (κ2) is 12.0. The summed E-state index contributed by atoms with van der Waals surface area (Å²) in [6.07, 6.45) is 2.28. The van der Waals surface area contributed by atoms with E-state index in [0.29, 0.717) is 28.9 Å². The van der Waals surface area contributed by atoms with Crippen LogP contribution >= 0.6 is 0 Å². The smallest absolute Gasteiger partial charge is 0.303 e. The number of carbonyl (C=O) groups is 2. The zero-order valence-corrected chi connectivity index (χ0v) is 22.6. The summed E-state index contributed by atoms with van der Waals surface area (Å²) >= 11 is 0. The number of amides is 1. The highest BCUT2D eigenvalue weighted by Gasteiger charge is 2.18. The van der Waals surface area contributed by atoms with Crippen LogP contribution in [-0.2, 0) is 16.0 Å². The third-order valence-electron chi connectivity index (χ3n) is 6.99. The van der Waals surface area contributed by atoms with Crippen LogP contribution in [0.15, 0.2) is 83.4 Å². The van der Waals surface area contributed by atoms with Gasteiger partial charge in [-0.05, 0) is 91.1 Å². The number of aryl methyl sites for hydroxylation is 2. The van der Waals surface area contributed by atoms with E-state index in [0.717, 1.165) is 27.9 Å². The van der Waals surface area contributed by atoms with Gasteiger partial charge >= 0.3 is 5.97 Å². The molecular formula is C32H29FN4O4. The summed E-state index contributed by atoms with van der Waals surface area (Å²) in [6, 6.07) is 21.4. The third-order valence-corrected chi connectivity index (χ3v) is 6.99. The Morgan fingerprint density at radius 1 is 1.02 bits per heavy atom. The van der Waals surface area contributed by atoms with Crippen LogP contribution in [0.5, 0.6) is 0 Å². The highest BCUT2D eigenvalue weighted by Crippen LogP contribution is 2.30. The molecular weight excluding hydrogens is 523 g/mol. The van der Waals surface area contributed by atoms with Crippen molar-refractivity contribution in [2.45, 2.75) is 39.0 Å². The minimum atomic E-state index is -0.857. The van der Waals surface area contributed by atoms with E-state index >= 15 is 0 Å². The molecule has 0 radical (unpaired) electrons. The van der Waals surface area contributed by atoms with Gasteiger partial charge in [0.05, 0.1) is 6.42 Å². The Balaban J connectivity index is 1.27. The van der Waals surface area contributed by atoms with Crippen LogP contribution in [0, 0.1) is 19.7 Å². The zero-order chi connectivity index (χ0) is 28.9. The quantitative estimate of drug-likeness (QED) is 0.172. The van der Waals surface area contributed by atoms with Crippen LogP contribution in [-0.4, -0.2) is 27.0 Å². The molecule has 41 heavy (non-hydrogen) atoms. The number of pyridine rings is 1. The van der Waals surface area contributed by atoms with Crippen LogP contribution in [0.2, 0.25) is 0 Å². The summed E-state index contributed by atoms with van der Waals surface area (Å²) < 4.78 is 19.4. The molecule has 0 spiro atoms. The van der Waals surface area contributed by atoms with Crippen molar-refractivity contribution in [3.8, 4) is 0 Å². The van der Waals surface area contributed by atoms with Crippen LogP contribution in [0.3, 0.4) is 0 Å². The number of aliphatic carboxylic acids is 1. The molecule has 0 saturated carbocycles. The molecule has 3 aromatic carbocycles. The molecule has 208 valence electrons. The van der Waals surface area contributed by atoms with E-state index in [1.54, 1.807) is 25.3 Å². The van der Waals surface area contributed by atoms with E-state index in [9.17, 15) is 19.1 Å². The van der Waals surface area contributed by atoms with Gasteiger partial charge in [0.2, 0.25) is 5.91 Å². The Bertz CT molecular complexity index is 1700. The maximum Gasteiger partial charge on any atom is 0.303 e. The second-order valence-corrected chi connectivity index (χ2v) is 9.89. The number of oxazole rings is 1. The lowest BCUT2D eigenvalue weighted by molar-refractivity contribution is -0.137. The molecule has 2 aromatic heterocycles. The number of nitrogens with one attached hydrogen (secondary N) is 2. The maximum absolute atomic E-state index is 13.4. The van der Waals surface area contributed by atoms with Crippen LogP contribution in [0.25, 0.3) is 11.1 Å². The summed E-state index contributed by atoms with van der Waals surface area (Å²) in [5.74, 6) is -1.53. The Morgan fingerprint density at radius 2 is 1.83 bits per heavy atom. The number of hydrogen-bond acceptors (Lipinski definition) is 6. The topological polar surface area (TPSA) is 117 Å². The molecule has 0 aliphatic carbocycles. The van der Waals surface area contributed by atoms with E-state index in [1.807, 2.05) is 55.5 Å². The minimum Gasteiger partial charge on any atom is -0.481 e. The van der Waals surface area contributed by atoms with Crippen LogP contribution in [0.4, 0.5) is 21.8 Å². The molecule has 0 bridgehead atoms. The van der Waals surface area contributed by atoms with E-state index in [-0.39, 0.29) is 36.5 Å². The SMILES string of the molecule is Cc1cc(F)ccc1Nc1nc2ccc(CC(=O)Nc3ccc(C(CCC(=O)O)c4ccccn4)cc3)c(C)c2o1. The lowest BCUT2D eigenvalue weighted by Gasteiger charge is -2.17. The largest absolute Gasteiger partial charge is 0.481 e. The van der Waals surface area contributed by atoms with Gasteiger partial charge in [0.1, 0.15) is 11.3 Å². The first kappa shape index (κ1) is 27.5. The average molecular weight is 553 g/mol. The molecule has 0 aliphatic heterocycles. The number of nitrogens with zero attached hydrogens (tertiary/aromatic N) is 2. The monoisotopic (exact) mass is 552 g/mol. The molecule has 0 saturated heterocycles.